The standard InChI is InChI=1S/C10H18F4O2/c1-8(2,15-4)7-16-6-5-10(13,14)9(3,11)12/h5-7H2,1-4H3. The fourth-order valence-electron chi connectivity index (χ4n) is 0.797. The van der Waals surface area contributed by atoms with E-state index in [0.717, 1.165) is 0 Å². The van der Waals surface area contributed by atoms with Gasteiger partial charge in [0.25, 0.3) is 0 Å². The van der Waals surface area contributed by atoms with Crippen molar-refractivity contribution >= 4 is 0 Å². The van der Waals surface area contributed by atoms with E-state index < -0.39 is 30.5 Å². The average Bonchev–Trinajstić information content (AvgIpc) is 2.11. The van der Waals surface area contributed by atoms with Crippen LogP contribution in [0.2, 0.25) is 0 Å². The number of halogens is 4. The van der Waals surface area contributed by atoms with E-state index in [2.05, 4.69) is 0 Å². The van der Waals surface area contributed by atoms with E-state index in [9.17, 15) is 17.6 Å². The van der Waals surface area contributed by atoms with Crippen LogP contribution in [0.3, 0.4) is 0 Å². The zero-order chi connectivity index (χ0) is 13.0. The molecule has 0 aromatic heterocycles. The van der Waals surface area contributed by atoms with Gasteiger partial charge in [-0.3, -0.25) is 0 Å². The first-order valence-corrected chi connectivity index (χ1v) is 4.90. The van der Waals surface area contributed by atoms with Gasteiger partial charge in [0.05, 0.1) is 18.8 Å². The van der Waals surface area contributed by atoms with Crippen molar-refractivity contribution in [3.8, 4) is 0 Å². The van der Waals surface area contributed by atoms with Crippen LogP contribution in [-0.4, -0.2) is 37.8 Å². The van der Waals surface area contributed by atoms with Gasteiger partial charge < -0.3 is 9.47 Å². The van der Waals surface area contributed by atoms with Gasteiger partial charge in [-0.1, -0.05) is 0 Å². The van der Waals surface area contributed by atoms with Crippen LogP contribution in [0.5, 0.6) is 0 Å². The van der Waals surface area contributed by atoms with Crippen molar-refractivity contribution in [2.75, 3.05) is 20.3 Å². The first kappa shape index (κ1) is 15.6. The van der Waals surface area contributed by atoms with Crippen molar-refractivity contribution in [3.63, 3.8) is 0 Å². The summed E-state index contributed by atoms with van der Waals surface area (Å²) in [7, 11) is 1.46. The van der Waals surface area contributed by atoms with Crippen molar-refractivity contribution in [1.82, 2.24) is 0 Å². The maximum atomic E-state index is 12.8. The average molecular weight is 246 g/mol. The van der Waals surface area contributed by atoms with Crippen molar-refractivity contribution in [1.29, 1.82) is 0 Å². The van der Waals surface area contributed by atoms with Crippen LogP contribution >= 0.6 is 0 Å². The van der Waals surface area contributed by atoms with Gasteiger partial charge in [-0.2, -0.15) is 8.78 Å². The fourth-order valence-corrected chi connectivity index (χ4v) is 0.797. The number of rotatable bonds is 7. The minimum Gasteiger partial charge on any atom is -0.378 e. The molecule has 0 fully saturated rings. The fraction of sp³-hybridized carbons (Fsp3) is 1.00. The van der Waals surface area contributed by atoms with E-state index in [4.69, 9.17) is 9.47 Å². The second kappa shape index (κ2) is 5.31. The summed E-state index contributed by atoms with van der Waals surface area (Å²) < 4.78 is 60.2. The lowest BCUT2D eigenvalue weighted by atomic mass is 10.1. The molecule has 0 N–H and O–H groups in total. The van der Waals surface area contributed by atoms with Crippen LogP contribution < -0.4 is 0 Å². The molecule has 0 rings (SSSR count). The third-order valence-electron chi connectivity index (χ3n) is 2.20. The number of alkyl halides is 4. The zero-order valence-electron chi connectivity index (χ0n) is 9.95. The minimum atomic E-state index is -4.04. The lowest BCUT2D eigenvalue weighted by Crippen LogP contribution is -2.39. The normalized spacial score (nSPS) is 14.2. The van der Waals surface area contributed by atoms with Gasteiger partial charge in [-0.05, 0) is 13.8 Å². The monoisotopic (exact) mass is 246 g/mol. The molecular formula is C10H18F4O2. The Hall–Kier alpha value is -0.360. The molecule has 0 aliphatic rings. The highest BCUT2D eigenvalue weighted by Gasteiger charge is 2.51. The van der Waals surface area contributed by atoms with Gasteiger partial charge in [0.1, 0.15) is 0 Å². The number of hydrogen-bond acceptors (Lipinski definition) is 2. The molecule has 0 amide bonds. The number of ether oxygens (including phenoxy) is 2. The Balaban J connectivity index is 3.92. The van der Waals surface area contributed by atoms with E-state index in [1.807, 2.05) is 0 Å². The van der Waals surface area contributed by atoms with E-state index >= 15 is 0 Å². The first-order valence-electron chi connectivity index (χ1n) is 4.90. The molecule has 0 aromatic rings. The zero-order valence-corrected chi connectivity index (χ0v) is 9.95. The molecule has 6 heteroatoms. The quantitative estimate of drug-likeness (QED) is 0.507. The number of hydrogen-bond donors (Lipinski definition) is 0. The van der Waals surface area contributed by atoms with E-state index in [-0.39, 0.29) is 13.5 Å². The molecule has 2 nitrogen and oxygen atoms in total. The van der Waals surface area contributed by atoms with Crippen molar-refractivity contribution in [2.24, 2.45) is 0 Å². The lowest BCUT2D eigenvalue weighted by Gasteiger charge is -2.25. The Kier molecular flexibility index (Phi) is 5.19. The summed E-state index contributed by atoms with van der Waals surface area (Å²) in [4.78, 5) is 0. The molecule has 0 saturated heterocycles. The molecule has 0 saturated carbocycles. The van der Waals surface area contributed by atoms with Gasteiger partial charge in [0.15, 0.2) is 0 Å². The molecule has 0 aliphatic heterocycles. The molecule has 0 aliphatic carbocycles. The molecule has 0 bridgehead atoms. The molecule has 16 heavy (non-hydrogen) atoms. The van der Waals surface area contributed by atoms with E-state index in [1.54, 1.807) is 13.8 Å². The van der Waals surface area contributed by atoms with Gasteiger partial charge in [-0.15, -0.1) is 0 Å². The van der Waals surface area contributed by atoms with Gasteiger partial charge in [0.2, 0.25) is 0 Å². The highest BCUT2D eigenvalue weighted by molar-refractivity contribution is 4.80. The van der Waals surface area contributed by atoms with Crippen LogP contribution in [0.4, 0.5) is 17.6 Å². The van der Waals surface area contributed by atoms with E-state index in [1.165, 1.54) is 7.11 Å². The minimum absolute atomic E-state index is 0.0782. The molecular weight excluding hydrogens is 228 g/mol. The van der Waals surface area contributed by atoms with Crippen LogP contribution in [0, 0.1) is 0 Å². The Morgan fingerprint density at radius 1 is 1.00 bits per heavy atom. The van der Waals surface area contributed by atoms with Crippen LogP contribution in [0.15, 0.2) is 0 Å². The highest BCUT2D eigenvalue weighted by atomic mass is 19.3. The summed E-state index contributed by atoms with van der Waals surface area (Å²) in [5.41, 5.74) is -0.607. The molecule has 0 spiro atoms. The second-order valence-electron chi connectivity index (χ2n) is 4.36. The maximum Gasteiger partial charge on any atom is 0.312 e. The first-order chi connectivity index (χ1) is 7.02. The summed E-state index contributed by atoms with van der Waals surface area (Å²) in [6.07, 6.45) is -1.00. The number of methoxy groups -OCH3 is 1. The Morgan fingerprint density at radius 2 is 1.50 bits per heavy atom. The summed E-state index contributed by atoms with van der Waals surface area (Å²) in [5, 5.41) is 0. The molecule has 0 atom stereocenters. The van der Waals surface area contributed by atoms with Crippen molar-refractivity contribution in [2.45, 2.75) is 44.6 Å². The van der Waals surface area contributed by atoms with Gasteiger partial charge >= 0.3 is 11.8 Å². The smallest absolute Gasteiger partial charge is 0.312 e. The second-order valence-corrected chi connectivity index (χ2v) is 4.36. The topological polar surface area (TPSA) is 18.5 Å². The summed E-state index contributed by atoms with van der Waals surface area (Å²) in [6, 6.07) is 0. The Bertz CT molecular complexity index is 211. The van der Waals surface area contributed by atoms with Crippen LogP contribution in [0.1, 0.15) is 27.2 Å². The SMILES string of the molecule is COC(C)(C)COCCC(F)(F)C(C)(F)F. The van der Waals surface area contributed by atoms with Crippen LogP contribution in [0.25, 0.3) is 0 Å². The summed E-state index contributed by atoms with van der Waals surface area (Å²) in [6.45, 7) is 3.27. The van der Waals surface area contributed by atoms with Crippen molar-refractivity contribution in [3.05, 3.63) is 0 Å². The Labute approximate surface area is 92.9 Å². The highest BCUT2D eigenvalue weighted by Crippen LogP contribution is 2.36. The van der Waals surface area contributed by atoms with Gasteiger partial charge in [0, 0.05) is 20.5 Å². The van der Waals surface area contributed by atoms with Gasteiger partial charge in [-0.25, -0.2) is 8.78 Å². The predicted octanol–water partition coefficient (Wildman–Crippen LogP) is 3.11. The largest absolute Gasteiger partial charge is 0.378 e. The van der Waals surface area contributed by atoms with E-state index in [0.29, 0.717) is 0 Å². The summed E-state index contributed by atoms with van der Waals surface area (Å²) in [5.74, 6) is -8.06. The van der Waals surface area contributed by atoms with Crippen molar-refractivity contribution < 1.29 is 27.0 Å². The third kappa shape index (κ3) is 5.12. The molecule has 0 unspecified atom stereocenters. The molecule has 0 aromatic carbocycles. The van der Waals surface area contributed by atoms with Crippen LogP contribution in [-0.2, 0) is 9.47 Å². The molecule has 0 radical (unpaired) electrons. The Morgan fingerprint density at radius 3 is 1.88 bits per heavy atom. The predicted molar refractivity (Wildman–Crippen MR) is 52.1 cm³/mol. The molecule has 98 valence electrons. The molecule has 0 heterocycles. The lowest BCUT2D eigenvalue weighted by molar-refractivity contribution is -0.207. The third-order valence-corrected chi connectivity index (χ3v) is 2.20. The summed E-state index contributed by atoms with van der Waals surface area (Å²) >= 11 is 0. The maximum absolute atomic E-state index is 12.8.